The standard InChI is InChI=1S/C16H25ClN2O/c1-3-5-15(13-6-8-14(17)9-7-13)18-12-10-16(20)19-11-4-2/h6-9,15,18H,3-5,10-12H2,1-2H3,(H,19,20). The first kappa shape index (κ1) is 17.0. The molecule has 0 aliphatic rings. The van der Waals surface area contributed by atoms with Crippen molar-refractivity contribution in [1.29, 1.82) is 0 Å². The number of halogens is 1. The van der Waals surface area contributed by atoms with Gasteiger partial charge in [-0.3, -0.25) is 4.79 Å². The molecule has 0 spiro atoms. The van der Waals surface area contributed by atoms with Crippen LogP contribution < -0.4 is 10.6 Å². The summed E-state index contributed by atoms with van der Waals surface area (Å²) in [4.78, 5) is 11.6. The third-order valence-electron chi connectivity index (χ3n) is 3.16. The van der Waals surface area contributed by atoms with Gasteiger partial charge in [0, 0.05) is 30.6 Å². The molecule has 2 N–H and O–H groups in total. The SMILES string of the molecule is CCCNC(=O)CCNC(CCC)c1ccc(Cl)cc1. The maximum atomic E-state index is 11.6. The van der Waals surface area contributed by atoms with Crippen molar-refractivity contribution in [3.63, 3.8) is 0 Å². The van der Waals surface area contributed by atoms with Gasteiger partial charge in [-0.25, -0.2) is 0 Å². The van der Waals surface area contributed by atoms with Crippen LogP contribution in [0, 0.1) is 0 Å². The first-order chi connectivity index (χ1) is 9.67. The van der Waals surface area contributed by atoms with Crippen molar-refractivity contribution in [2.24, 2.45) is 0 Å². The van der Waals surface area contributed by atoms with Crippen molar-refractivity contribution >= 4 is 17.5 Å². The molecule has 1 unspecified atom stereocenters. The fourth-order valence-electron chi connectivity index (χ4n) is 2.08. The Balaban J connectivity index is 2.43. The quantitative estimate of drug-likeness (QED) is 0.730. The lowest BCUT2D eigenvalue weighted by Crippen LogP contribution is -2.30. The maximum absolute atomic E-state index is 11.6. The van der Waals surface area contributed by atoms with E-state index in [1.165, 1.54) is 5.56 Å². The molecule has 4 heteroatoms. The van der Waals surface area contributed by atoms with Gasteiger partial charge >= 0.3 is 0 Å². The number of hydrogen-bond acceptors (Lipinski definition) is 2. The van der Waals surface area contributed by atoms with E-state index in [9.17, 15) is 4.79 Å². The van der Waals surface area contributed by atoms with Gasteiger partial charge < -0.3 is 10.6 Å². The normalized spacial score (nSPS) is 12.2. The fourth-order valence-corrected chi connectivity index (χ4v) is 2.21. The smallest absolute Gasteiger partial charge is 0.221 e. The highest BCUT2D eigenvalue weighted by Gasteiger charge is 2.10. The molecule has 0 radical (unpaired) electrons. The van der Waals surface area contributed by atoms with Crippen molar-refractivity contribution in [2.45, 2.75) is 45.6 Å². The summed E-state index contributed by atoms with van der Waals surface area (Å²) >= 11 is 5.91. The molecule has 112 valence electrons. The van der Waals surface area contributed by atoms with Crippen LogP contribution in [-0.2, 0) is 4.79 Å². The Morgan fingerprint density at radius 1 is 1.15 bits per heavy atom. The van der Waals surface area contributed by atoms with Crippen LogP contribution >= 0.6 is 11.6 Å². The highest BCUT2D eigenvalue weighted by molar-refractivity contribution is 6.30. The Hall–Kier alpha value is -1.06. The van der Waals surface area contributed by atoms with Gasteiger partial charge in [0.25, 0.3) is 0 Å². The largest absolute Gasteiger partial charge is 0.356 e. The molecule has 0 bridgehead atoms. The van der Waals surface area contributed by atoms with Gasteiger partial charge in [0.1, 0.15) is 0 Å². The van der Waals surface area contributed by atoms with Crippen molar-refractivity contribution in [3.05, 3.63) is 34.9 Å². The first-order valence-electron chi connectivity index (χ1n) is 7.42. The second-order valence-electron chi connectivity index (χ2n) is 4.95. The summed E-state index contributed by atoms with van der Waals surface area (Å²) in [5.74, 6) is 0.116. The molecule has 1 atom stereocenters. The lowest BCUT2D eigenvalue weighted by molar-refractivity contribution is -0.121. The summed E-state index contributed by atoms with van der Waals surface area (Å²) < 4.78 is 0. The molecule has 0 aliphatic carbocycles. The van der Waals surface area contributed by atoms with Crippen molar-refractivity contribution < 1.29 is 4.79 Å². The molecule has 0 aliphatic heterocycles. The zero-order chi connectivity index (χ0) is 14.8. The van der Waals surface area contributed by atoms with Gasteiger partial charge in [0.15, 0.2) is 0 Å². The van der Waals surface area contributed by atoms with Gasteiger partial charge in [-0.1, -0.05) is 44.0 Å². The molecule has 1 amide bonds. The number of hydrogen-bond donors (Lipinski definition) is 2. The number of nitrogens with one attached hydrogen (secondary N) is 2. The lowest BCUT2D eigenvalue weighted by Gasteiger charge is -2.18. The highest BCUT2D eigenvalue weighted by atomic mass is 35.5. The third kappa shape index (κ3) is 6.40. The van der Waals surface area contributed by atoms with Crippen LogP contribution in [0.2, 0.25) is 5.02 Å². The Bertz CT molecular complexity index is 392. The number of carbonyl (C=O) groups excluding carboxylic acids is 1. The zero-order valence-electron chi connectivity index (χ0n) is 12.4. The molecule has 0 fully saturated rings. The number of carbonyl (C=O) groups is 1. The van der Waals surface area contributed by atoms with E-state index in [4.69, 9.17) is 11.6 Å². The van der Waals surface area contributed by atoms with Gasteiger partial charge in [-0.05, 0) is 30.5 Å². The topological polar surface area (TPSA) is 41.1 Å². The summed E-state index contributed by atoms with van der Waals surface area (Å²) in [5.41, 5.74) is 1.23. The minimum atomic E-state index is 0.116. The summed E-state index contributed by atoms with van der Waals surface area (Å²) in [6, 6.07) is 8.21. The zero-order valence-corrected chi connectivity index (χ0v) is 13.2. The van der Waals surface area contributed by atoms with E-state index in [1.54, 1.807) is 0 Å². The predicted molar refractivity (Wildman–Crippen MR) is 85.0 cm³/mol. The molecule has 1 aromatic carbocycles. The molecule has 3 nitrogen and oxygen atoms in total. The van der Waals surface area contributed by atoms with Crippen LogP contribution in [0.25, 0.3) is 0 Å². The second kappa shape index (κ2) is 9.78. The Kier molecular flexibility index (Phi) is 8.31. The molecule has 1 aromatic rings. The van der Waals surface area contributed by atoms with Gasteiger partial charge in [0.2, 0.25) is 5.91 Å². The molecule has 20 heavy (non-hydrogen) atoms. The van der Waals surface area contributed by atoms with Gasteiger partial charge in [0.05, 0.1) is 0 Å². The minimum Gasteiger partial charge on any atom is -0.356 e. The molecule has 1 rings (SSSR count). The molecular weight excluding hydrogens is 272 g/mol. The van der Waals surface area contributed by atoms with E-state index in [0.717, 1.165) is 30.8 Å². The van der Waals surface area contributed by atoms with Crippen LogP contribution in [0.4, 0.5) is 0 Å². The molecule has 0 aromatic heterocycles. The van der Waals surface area contributed by atoms with Crippen LogP contribution in [0.15, 0.2) is 24.3 Å². The van der Waals surface area contributed by atoms with Crippen LogP contribution in [0.5, 0.6) is 0 Å². The average Bonchev–Trinajstić information content (AvgIpc) is 2.45. The van der Waals surface area contributed by atoms with E-state index in [0.29, 0.717) is 13.0 Å². The maximum Gasteiger partial charge on any atom is 0.221 e. The summed E-state index contributed by atoms with van der Waals surface area (Å²) in [5, 5.41) is 7.10. The van der Waals surface area contributed by atoms with Crippen LogP contribution in [-0.4, -0.2) is 19.0 Å². The molecule has 0 heterocycles. The van der Waals surface area contributed by atoms with E-state index < -0.39 is 0 Å². The molecular formula is C16H25ClN2O. The van der Waals surface area contributed by atoms with E-state index >= 15 is 0 Å². The average molecular weight is 297 g/mol. The summed E-state index contributed by atoms with van der Waals surface area (Å²) in [7, 11) is 0. The Morgan fingerprint density at radius 2 is 1.85 bits per heavy atom. The fraction of sp³-hybridized carbons (Fsp3) is 0.562. The van der Waals surface area contributed by atoms with Crippen molar-refractivity contribution in [3.8, 4) is 0 Å². The van der Waals surface area contributed by atoms with E-state index in [1.807, 2.05) is 24.3 Å². The summed E-state index contributed by atoms with van der Waals surface area (Å²) in [6.45, 7) is 5.67. The monoisotopic (exact) mass is 296 g/mol. The predicted octanol–water partition coefficient (Wildman–Crippen LogP) is 3.69. The summed E-state index contributed by atoms with van der Waals surface area (Å²) in [6.07, 6.45) is 3.65. The Morgan fingerprint density at radius 3 is 2.45 bits per heavy atom. The highest BCUT2D eigenvalue weighted by Crippen LogP contribution is 2.20. The number of amides is 1. The second-order valence-corrected chi connectivity index (χ2v) is 5.38. The van der Waals surface area contributed by atoms with Crippen molar-refractivity contribution in [2.75, 3.05) is 13.1 Å². The molecule has 0 saturated carbocycles. The third-order valence-corrected chi connectivity index (χ3v) is 3.42. The van der Waals surface area contributed by atoms with Crippen LogP contribution in [0.3, 0.4) is 0 Å². The first-order valence-corrected chi connectivity index (χ1v) is 7.80. The Labute approximate surface area is 127 Å². The molecule has 0 saturated heterocycles. The van der Waals surface area contributed by atoms with Crippen LogP contribution in [0.1, 0.15) is 51.1 Å². The van der Waals surface area contributed by atoms with Gasteiger partial charge in [-0.15, -0.1) is 0 Å². The van der Waals surface area contributed by atoms with Crippen molar-refractivity contribution in [1.82, 2.24) is 10.6 Å². The lowest BCUT2D eigenvalue weighted by atomic mass is 10.0. The number of benzene rings is 1. The van der Waals surface area contributed by atoms with E-state index in [-0.39, 0.29) is 11.9 Å². The number of rotatable bonds is 9. The minimum absolute atomic E-state index is 0.116. The van der Waals surface area contributed by atoms with Gasteiger partial charge in [-0.2, -0.15) is 0 Å². The van der Waals surface area contributed by atoms with E-state index in [2.05, 4.69) is 24.5 Å².